The van der Waals surface area contributed by atoms with Gasteiger partial charge in [-0.25, -0.2) is 4.39 Å². The third-order valence-corrected chi connectivity index (χ3v) is 4.61. The van der Waals surface area contributed by atoms with E-state index in [4.69, 9.17) is 4.42 Å². The van der Waals surface area contributed by atoms with E-state index in [1.54, 1.807) is 54.9 Å². The number of rotatable bonds is 6. The summed E-state index contributed by atoms with van der Waals surface area (Å²) in [6.07, 6.45) is 3.21. The summed E-state index contributed by atoms with van der Waals surface area (Å²) in [5.74, 6) is -0.568. The van der Waals surface area contributed by atoms with E-state index in [0.29, 0.717) is 17.0 Å². The normalized spacial score (nSPS) is 10.6. The molecule has 0 aliphatic rings. The van der Waals surface area contributed by atoms with E-state index in [2.05, 4.69) is 10.3 Å². The molecule has 30 heavy (non-hydrogen) atoms. The highest BCUT2D eigenvalue weighted by Gasteiger charge is 2.18. The molecule has 2 heterocycles. The fourth-order valence-corrected chi connectivity index (χ4v) is 3.12. The zero-order chi connectivity index (χ0) is 20.9. The van der Waals surface area contributed by atoms with Crippen LogP contribution in [-0.4, -0.2) is 16.7 Å². The Morgan fingerprint density at radius 3 is 2.40 bits per heavy atom. The SMILES string of the molecule is O=C(NCc1cccnc1-c1ccco1)c1ccccc1C(=O)c1ccc(F)cc1. The quantitative estimate of drug-likeness (QED) is 0.479. The number of ketones is 1. The second-order valence-electron chi connectivity index (χ2n) is 6.55. The maximum Gasteiger partial charge on any atom is 0.252 e. The molecule has 0 aliphatic heterocycles. The number of carbonyl (C=O) groups excluding carboxylic acids is 2. The largest absolute Gasteiger partial charge is 0.463 e. The van der Waals surface area contributed by atoms with Gasteiger partial charge in [-0.15, -0.1) is 0 Å². The second-order valence-corrected chi connectivity index (χ2v) is 6.55. The van der Waals surface area contributed by atoms with Crippen LogP contribution in [-0.2, 0) is 6.54 Å². The van der Waals surface area contributed by atoms with Crippen molar-refractivity contribution in [3.8, 4) is 11.5 Å². The topological polar surface area (TPSA) is 72.2 Å². The Hall–Kier alpha value is -4.06. The first-order chi connectivity index (χ1) is 14.6. The number of hydrogen-bond donors (Lipinski definition) is 1. The van der Waals surface area contributed by atoms with Crippen LogP contribution in [0.4, 0.5) is 4.39 Å². The van der Waals surface area contributed by atoms with Crippen molar-refractivity contribution >= 4 is 11.7 Å². The third-order valence-electron chi connectivity index (χ3n) is 4.61. The van der Waals surface area contributed by atoms with Gasteiger partial charge in [0.1, 0.15) is 11.5 Å². The van der Waals surface area contributed by atoms with Crippen molar-refractivity contribution in [2.75, 3.05) is 0 Å². The average Bonchev–Trinajstić information content (AvgIpc) is 3.32. The van der Waals surface area contributed by atoms with Crippen LogP contribution in [0, 0.1) is 5.82 Å². The molecule has 148 valence electrons. The first kappa shape index (κ1) is 19.3. The second kappa shape index (κ2) is 8.53. The van der Waals surface area contributed by atoms with Gasteiger partial charge >= 0.3 is 0 Å². The summed E-state index contributed by atoms with van der Waals surface area (Å²) in [5.41, 5.74) is 2.22. The maximum atomic E-state index is 13.2. The van der Waals surface area contributed by atoms with Gasteiger partial charge in [0.15, 0.2) is 11.5 Å². The van der Waals surface area contributed by atoms with Crippen LogP contribution in [0.2, 0.25) is 0 Å². The number of aromatic nitrogens is 1. The van der Waals surface area contributed by atoms with Crippen molar-refractivity contribution < 1.29 is 18.4 Å². The third kappa shape index (κ3) is 4.03. The van der Waals surface area contributed by atoms with E-state index >= 15 is 0 Å². The van der Waals surface area contributed by atoms with Crippen LogP contribution in [0.3, 0.4) is 0 Å². The van der Waals surface area contributed by atoms with E-state index < -0.39 is 11.7 Å². The molecule has 1 amide bonds. The molecule has 0 spiro atoms. The minimum Gasteiger partial charge on any atom is -0.463 e. The van der Waals surface area contributed by atoms with Crippen molar-refractivity contribution in [2.24, 2.45) is 0 Å². The number of nitrogens with zero attached hydrogens (tertiary/aromatic N) is 1. The fraction of sp³-hybridized carbons (Fsp3) is 0.0417. The lowest BCUT2D eigenvalue weighted by molar-refractivity contribution is 0.0939. The van der Waals surface area contributed by atoms with Crippen LogP contribution in [0.25, 0.3) is 11.5 Å². The number of benzene rings is 2. The first-order valence-electron chi connectivity index (χ1n) is 9.29. The lowest BCUT2D eigenvalue weighted by atomic mass is 9.98. The van der Waals surface area contributed by atoms with Gasteiger partial charge < -0.3 is 9.73 Å². The van der Waals surface area contributed by atoms with Gasteiger partial charge in [0.25, 0.3) is 5.91 Å². The zero-order valence-electron chi connectivity index (χ0n) is 15.8. The maximum absolute atomic E-state index is 13.2. The average molecular weight is 400 g/mol. The van der Waals surface area contributed by atoms with Crippen LogP contribution in [0.1, 0.15) is 31.8 Å². The molecule has 0 fully saturated rings. The van der Waals surface area contributed by atoms with Gasteiger partial charge in [-0.05, 0) is 48.5 Å². The number of hydrogen-bond acceptors (Lipinski definition) is 4. The highest BCUT2D eigenvalue weighted by atomic mass is 19.1. The Balaban J connectivity index is 1.56. The van der Waals surface area contributed by atoms with Crippen molar-refractivity contribution in [1.82, 2.24) is 10.3 Å². The minimum absolute atomic E-state index is 0.210. The van der Waals surface area contributed by atoms with Crippen LogP contribution < -0.4 is 5.32 Å². The standard InChI is InChI=1S/C24H17FN2O3/c25-18-11-9-16(10-12-18)23(28)19-6-1-2-7-20(19)24(29)27-15-17-5-3-13-26-22(17)21-8-4-14-30-21/h1-14H,15H2,(H,27,29). The number of amides is 1. The van der Waals surface area contributed by atoms with Crippen molar-refractivity contribution in [3.63, 3.8) is 0 Å². The molecule has 0 saturated carbocycles. The summed E-state index contributed by atoms with van der Waals surface area (Å²) in [5, 5.41) is 2.84. The van der Waals surface area contributed by atoms with Gasteiger partial charge in [-0.2, -0.15) is 0 Å². The van der Waals surface area contributed by atoms with E-state index in [1.165, 1.54) is 24.3 Å². The molecule has 2 aromatic heterocycles. The van der Waals surface area contributed by atoms with E-state index in [1.807, 2.05) is 6.07 Å². The molecule has 0 saturated heterocycles. The van der Waals surface area contributed by atoms with Crippen LogP contribution in [0.5, 0.6) is 0 Å². The lowest BCUT2D eigenvalue weighted by Gasteiger charge is -2.11. The molecule has 4 aromatic rings. The van der Waals surface area contributed by atoms with Crippen molar-refractivity contribution in [3.05, 3.63) is 113 Å². The first-order valence-corrected chi connectivity index (χ1v) is 9.29. The summed E-state index contributed by atoms with van der Waals surface area (Å²) in [4.78, 5) is 30.0. The monoisotopic (exact) mass is 400 g/mol. The number of halogens is 1. The van der Waals surface area contributed by atoms with Crippen molar-refractivity contribution in [1.29, 1.82) is 0 Å². The van der Waals surface area contributed by atoms with Gasteiger partial charge in [0, 0.05) is 29.4 Å². The highest BCUT2D eigenvalue weighted by molar-refractivity contribution is 6.15. The Bertz CT molecular complexity index is 1190. The van der Waals surface area contributed by atoms with E-state index in [9.17, 15) is 14.0 Å². The predicted molar refractivity (Wildman–Crippen MR) is 109 cm³/mol. The van der Waals surface area contributed by atoms with Crippen molar-refractivity contribution in [2.45, 2.75) is 6.54 Å². The summed E-state index contributed by atoms with van der Waals surface area (Å²) in [6, 6.07) is 19.0. The molecular weight excluding hydrogens is 383 g/mol. The van der Waals surface area contributed by atoms with E-state index in [-0.39, 0.29) is 23.5 Å². The van der Waals surface area contributed by atoms with Gasteiger partial charge in [0.2, 0.25) is 0 Å². The minimum atomic E-state index is -0.429. The predicted octanol–water partition coefficient (Wildman–Crippen LogP) is 4.64. The van der Waals surface area contributed by atoms with Gasteiger partial charge in [0.05, 0.1) is 11.8 Å². The molecular formula is C24H17FN2O3. The summed E-state index contributed by atoms with van der Waals surface area (Å²) in [6.45, 7) is 0.210. The van der Waals surface area contributed by atoms with Crippen LogP contribution in [0.15, 0.2) is 89.7 Å². The Kier molecular flexibility index (Phi) is 5.48. The number of pyridine rings is 1. The number of furan rings is 1. The molecule has 0 atom stereocenters. The molecule has 0 aliphatic carbocycles. The molecule has 4 rings (SSSR count). The Morgan fingerprint density at radius 2 is 1.67 bits per heavy atom. The van der Waals surface area contributed by atoms with Crippen LogP contribution >= 0.6 is 0 Å². The zero-order valence-corrected chi connectivity index (χ0v) is 15.8. The van der Waals surface area contributed by atoms with E-state index in [0.717, 1.165) is 5.56 Å². The lowest BCUT2D eigenvalue weighted by Crippen LogP contribution is -2.25. The van der Waals surface area contributed by atoms with Gasteiger partial charge in [-0.3, -0.25) is 14.6 Å². The summed E-state index contributed by atoms with van der Waals surface area (Å²) >= 11 is 0. The molecule has 6 heteroatoms. The smallest absolute Gasteiger partial charge is 0.252 e. The Morgan fingerprint density at radius 1 is 0.900 bits per heavy atom. The Labute approximate surface area is 172 Å². The summed E-state index contributed by atoms with van der Waals surface area (Å²) < 4.78 is 18.6. The molecule has 0 bridgehead atoms. The molecule has 1 N–H and O–H groups in total. The molecule has 0 radical (unpaired) electrons. The highest BCUT2D eigenvalue weighted by Crippen LogP contribution is 2.22. The molecule has 0 unspecified atom stereocenters. The van der Waals surface area contributed by atoms with Gasteiger partial charge in [-0.1, -0.05) is 24.3 Å². The summed E-state index contributed by atoms with van der Waals surface area (Å²) in [7, 11) is 0. The number of carbonyl (C=O) groups is 2. The fourth-order valence-electron chi connectivity index (χ4n) is 3.12. The molecule has 5 nitrogen and oxygen atoms in total. The molecule has 2 aromatic carbocycles. The number of nitrogens with one attached hydrogen (secondary N) is 1.